The number of pyridine rings is 1. The van der Waals surface area contributed by atoms with Crippen LogP contribution in [0.3, 0.4) is 0 Å². The first-order valence-corrected chi connectivity index (χ1v) is 10.4. The summed E-state index contributed by atoms with van der Waals surface area (Å²) in [6.45, 7) is -2.99. The fourth-order valence-electron chi connectivity index (χ4n) is 2.79. The van der Waals surface area contributed by atoms with Gasteiger partial charge in [0.05, 0.1) is 17.6 Å². The Kier molecular flexibility index (Phi) is 7.59. The van der Waals surface area contributed by atoms with E-state index in [9.17, 15) is 23.2 Å². The van der Waals surface area contributed by atoms with Gasteiger partial charge in [0.15, 0.2) is 11.5 Å². The summed E-state index contributed by atoms with van der Waals surface area (Å²) in [4.78, 5) is 41.0. The van der Waals surface area contributed by atoms with Crippen molar-refractivity contribution >= 4 is 47.1 Å². The lowest BCUT2D eigenvalue weighted by molar-refractivity contribution is -0.122. The van der Waals surface area contributed by atoms with E-state index < -0.39 is 23.7 Å². The molecule has 0 unspecified atom stereocenters. The predicted octanol–water partition coefficient (Wildman–Crippen LogP) is 3.82. The number of hydrogen-bond donors (Lipinski definition) is 2. The average Bonchev–Trinajstić information content (AvgIpc) is 3.02. The number of aromatic amines is 1. The standard InChI is InChI=1S/C20H17F2N3O5S2/c1-29-14-9-11(4-5-13(14)30-19(21)22)10-15-18(27)25(20(28)32-15)8-7-23-16(26)12-3-2-6-24-17(12)31/h2-6,9-10,19H,7-8H2,1H3,(H,23,26)(H,24,31)/b15-10-. The molecule has 1 aliphatic heterocycles. The molecule has 0 saturated carbocycles. The number of rotatable bonds is 8. The van der Waals surface area contributed by atoms with Crippen molar-refractivity contribution in [1.82, 2.24) is 15.2 Å². The number of aromatic nitrogens is 1. The van der Waals surface area contributed by atoms with E-state index in [1.54, 1.807) is 18.3 Å². The number of halogens is 2. The fraction of sp³-hybridized carbons (Fsp3) is 0.200. The number of H-pyrrole nitrogens is 1. The topological polar surface area (TPSA) is 101 Å². The summed E-state index contributed by atoms with van der Waals surface area (Å²) in [6, 6.07) is 7.34. The summed E-state index contributed by atoms with van der Waals surface area (Å²) in [5.41, 5.74) is 0.741. The molecule has 168 valence electrons. The smallest absolute Gasteiger partial charge is 0.387 e. The van der Waals surface area contributed by atoms with Crippen molar-refractivity contribution < 1.29 is 32.6 Å². The molecule has 2 aromatic rings. The molecule has 1 aromatic carbocycles. The lowest BCUT2D eigenvalue weighted by Crippen LogP contribution is -2.37. The molecule has 0 bridgehead atoms. The van der Waals surface area contributed by atoms with Crippen molar-refractivity contribution in [3.63, 3.8) is 0 Å². The van der Waals surface area contributed by atoms with Crippen molar-refractivity contribution in [1.29, 1.82) is 0 Å². The Morgan fingerprint density at radius 3 is 2.78 bits per heavy atom. The van der Waals surface area contributed by atoms with Crippen molar-refractivity contribution in [2.75, 3.05) is 20.2 Å². The summed E-state index contributed by atoms with van der Waals surface area (Å²) in [7, 11) is 1.29. The second-order valence-electron chi connectivity index (χ2n) is 6.29. The van der Waals surface area contributed by atoms with E-state index in [1.165, 1.54) is 31.4 Å². The van der Waals surface area contributed by atoms with Crippen LogP contribution < -0.4 is 14.8 Å². The Labute approximate surface area is 190 Å². The second kappa shape index (κ2) is 10.4. The molecule has 2 heterocycles. The number of nitrogens with one attached hydrogen (secondary N) is 2. The summed E-state index contributed by atoms with van der Waals surface area (Å²) in [5.74, 6) is -1.05. The van der Waals surface area contributed by atoms with Crippen molar-refractivity contribution in [2.24, 2.45) is 0 Å². The Morgan fingerprint density at radius 2 is 2.09 bits per heavy atom. The first-order valence-electron chi connectivity index (χ1n) is 9.14. The number of methoxy groups -OCH3 is 1. The largest absolute Gasteiger partial charge is 0.493 e. The Balaban J connectivity index is 1.65. The molecule has 32 heavy (non-hydrogen) atoms. The molecule has 3 amide bonds. The molecule has 0 spiro atoms. The normalized spacial score (nSPS) is 14.9. The van der Waals surface area contributed by atoms with Crippen LogP contribution in [0.5, 0.6) is 11.5 Å². The highest BCUT2D eigenvalue weighted by Gasteiger charge is 2.34. The number of carbonyl (C=O) groups is 3. The maximum atomic E-state index is 12.6. The monoisotopic (exact) mass is 481 g/mol. The van der Waals surface area contributed by atoms with Crippen molar-refractivity contribution in [3.8, 4) is 11.5 Å². The molecule has 8 nitrogen and oxygen atoms in total. The summed E-state index contributed by atoms with van der Waals surface area (Å²) < 4.78 is 34.6. The summed E-state index contributed by atoms with van der Waals surface area (Å²) in [5, 5.41) is 2.13. The number of hydrogen-bond acceptors (Lipinski definition) is 7. The van der Waals surface area contributed by atoms with E-state index in [0.717, 1.165) is 16.7 Å². The van der Waals surface area contributed by atoms with Gasteiger partial charge in [-0.15, -0.1) is 0 Å². The summed E-state index contributed by atoms with van der Waals surface area (Å²) >= 11 is 5.78. The molecule has 2 N–H and O–H groups in total. The van der Waals surface area contributed by atoms with Crippen molar-refractivity contribution in [3.05, 3.63) is 57.2 Å². The van der Waals surface area contributed by atoms with Gasteiger partial charge in [0.1, 0.15) is 4.64 Å². The minimum absolute atomic E-state index is 0.0262. The third-order valence-electron chi connectivity index (χ3n) is 4.26. The zero-order valence-corrected chi connectivity index (χ0v) is 18.2. The molecule has 3 rings (SSSR count). The molecule has 1 saturated heterocycles. The van der Waals surface area contributed by atoms with Crippen LogP contribution in [0.2, 0.25) is 0 Å². The van der Waals surface area contributed by atoms with Gasteiger partial charge >= 0.3 is 6.61 Å². The average molecular weight is 482 g/mol. The predicted molar refractivity (Wildman–Crippen MR) is 116 cm³/mol. The maximum Gasteiger partial charge on any atom is 0.387 e. The summed E-state index contributed by atoms with van der Waals surface area (Å²) in [6.07, 6.45) is 3.04. The van der Waals surface area contributed by atoms with E-state index in [1.807, 2.05) is 0 Å². The number of benzene rings is 1. The molecular formula is C20H17F2N3O5S2. The van der Waals surface area contributed by atoms with E-state index in [-0.39, 0.29) is 39.7 Å². The number of amides is 3. The Morgan fingerprint density at radius 1 is 1.31 bits per heavy atom. The number of ether oxygens (including phenoxy) is 2. The SMILES string of the molecule is COc1cc(/C=C2\SC(=O)N(CCNC(=O)c3ccc[nH]c3=S)C2=O)ccc1OC(F)F. The van der Waals surface area contributed by atoms with E-state index >= 15 is 0 Å². The number of carbonyl (C=O) groups excluding carboxylic acids is 3. The number of alkyl halides is 2. The van der Waals surface area contributed by atoms with Crippen LogP contribution in [0.25, 0.3) is 6.08 Å². The van der Waals surface area contributed by atoms with Gasteiger partial charge in [-0.3, -0.25) is 19.3 Å². The minimum atomic E-state index is -3.01. The van der Waals surface area contributed by atoms with Gasteiger partial charge in [0.2, 0.25) is 0 Å². The Bertz CT molecular complexity index is 1140. The first kappa shape index (κ1) is 23.4. The first-order chi connectivity index (χ1) is 15.3. The van der Waals surface area contributed by atoms with Crippen LogP contribution in [0, 0.1) is 4.64 Å². The zero-order chi connectivity index (χ0) is 23.3. The van der Waals surface area contributed by atoms with Gasteiger partial charge < -0.3 is 19.8 Å². The van der Waals surface area contributed by atoms with E-state index in [2.05, 4.69) is 15.0 Å². The third kappa shape index (κ3) is 5.51. The number of imide groups is 1. The van der Waals surface area contributed by atoms with E-state index in [4.69, 9.17) is 17.0 Å². The molecule has 1 fully saturated rings. The van der Waals surface area contributed by atoms with Gasteiger partial charge in [0, 0.05) is 19.3 Å². The van der Waals surface area contributed by atoms with Crippen LogP contribution in [-0.4, -0.2) is 53.7 Å². The molecule has 12 heteroatoms. The van der Waals surface area contributed by atoms with Gasteiger partial charge in [-0.25, -0.2) is 0 Å². The highest BCUT2D eigenvalue weighted by molar-refractivity contribution is 8.18. The zero-order valence-electron chi connectivity index (χ0n) is 16.6. The fourth-order valence-corrected chi connectivity index (χ4v) is 3.88. The van der Waals surface area contributed by atoms with Crippen LogP contribution >= 0.6 is 24.0 Å². The maximum absolute atomic E-state index is 12.6. The quantitative estimate of drug-likeness (QED) is 0.437. The van der Waals surface area contributed by atoms with Crippen LogP contribution in [0.4, 0.5) is 13.6 Å². The third-order valence-corrected chi connectivity index (χ3v) is 5.50. The molecule has 0 radical (unpaired) electrons. The van der Waals surface area contributed by atoms with Crippen molar-refractivity contribution in [2.45, 2.75) is 6.61 Å². The highest BCUT2D eigenvalue weighted by Crippen LogP contribution is 2.34. The van der Waals surface area contributed by atoms with E-state index in [0.29, 0.717) is 5.56 Å². The van der Waals surface area contributed by atoms with Gasteiger partial charge in [-0.1, -0.05) is 18.3 Å². The molecule has 0 atom stereocenters. The molecule has 0 aliphatic carbocycles. The molecular weight excluding hydrogens is 464 g/mol. The molecule has 1 aromatic heterocycles. The molecule has 1 aliphatic rings. The van der Waals surface area contributed by atoms with Gasteiger partial charge in [-0.2, -0.15) is 8.78 Å². The number of nitrogens with zero attached hydrogens (tertiary/aromatic N) is 1. The van der Waals surface area contributed by atoms with Crippen LogP contribution in [0.1, 0.15) is 15.9 Å². The number of thioether (sulfide) groups is 1. The van der Waals surface area contributed by atoms with Gasteiger partial charge in [-0.05, 0) is 47.7 Å². The van der Waals surface area contributed by atoms with Crippen LogP contribution in [0.15, 0.2) is 41.4 Å². The lowest BCUT2D eigenvalue weighted by atomic mass is 10.2. The minimum Gasteiger partial charge on any atom is -0.493 e. The second-order valence-corrected chi connectivity index (χ2v) is 7.69. The lowest BCUT2D eigenvalue weighted by Gasteiger charge is -2.13. The van der Waals surface area contributed by atoms with Crippen LogP contribution in [-0.2, 0) is 4.79 Å². The Hall–Kier alpha value is -3.25. The van der Waals surface area contributed by atoms with Gasteiger partial charge in [0.25, 0.3) is 17.1 Å². The highest BCUT2D eigenvalue weighted by atomic mass is 32.2.